The minimum atomic E-state index is -0.228. The van der Waals surface area contributed by atoms with Crippen molar-refractivity contribution in [1.29, 1.82) is 0 Å². The largest absolute Gasteiger partial charge is 0.299 e. The van der Waals surface area contributed by atoms with E-state index in [0.717, 1.165) is 11.1 Å². The number of nitrogens with zero attached hydrogens (tertiary/aromatic N) is 4. The van der Waals surface area contributed by atoms with Crippen LogP contribution in [0.3, 0.4) is 0 Å². The van der Waals surface area contributed by atoms with Crippen LogP contribution in [0.1, 0.15) is 28.6 Å². The molecule has 0 aliphatic carbocycles. The topological polar surface area (TPSA) is 55.6 Å². The van der Waals surface area contributed by atoms with E-state index >= 15 is 0 Å². The van der Waals surface area contributed by atoms with Crippen LogP contribution in [0.2, 0.25) is 5.02 Å². The van der Waals surface area contributed by atoms with Crippen LogP contribution in [-0.4, -0.2) is 20.2 Å². The van der Waals surface area contributed by atoms with Crippen molar-refractivity contribution in [1.82, 2.24) is 25.5 Å². The van der Waals surface area contributed by atoms with E-state index in [1.54, 1.807) is 24.7 Å². The first-order valence-electron chi connectivity index (χ1n) is 7.51. The zero-order valence-corrected chi connectivity index (χ0v) is 14.1. The SMILES string of the molecule is Cc1cc(C(NCc2nnnn2C)c2ccccc2Cl)ccc1F. The third-order valence-electron chi connectivity index (χ3n) is 3.90. The van der Waals surface area contributed by atoms with Crippen molar-refractivity contribution in [2.75, 3.05) is 0 Å². The highest BCUT2D eigenvalue weighted by atomic mass is 35.5. The van der Waals surface area contributed by atoms with Crippen molar-refractivity contribution in [3.8, 4) is 0 Å². The van der Waals surface area contributed by atoms with Gasteiger partial charge in [0.1, 0.15) is 5.82 Å². The van der Waals surface area contributed by atoms with Gasteiger partial charge < -0.3 is 0 Å². The summed E-state index contributed by atoms with van der Waals surface area (Å²) in [7, 11) is 1.78. The molecule has 3 aromatic rings. The van der Waals surface area contributed by atoms with Crippen LogP contribution in [0.4, 0.5) is 4.39 Å². The van der Waals surface area contributed by atoms with Gasteiger partial charge in [-0.1, -0.05) is 41.9 Å². The van der Waals surface area contributed by atoms with Crippen LogP contribution in [0.15, 0.2) is 42.5 Å². The summed E-state index contributed by atoms with van der Waals surface area (Å²) in [6.07, 6.45) is 0. The molecule has 1 aromatic heterocycles. The van der Waals surface area contributed by atoms with E-state index in [9.17, 15) is 4.39 Å². The molecule has 0 aliphatic heterocycles. The van der Waals surface area contributed by atoms with E-state index in [-0.39, 0.29) is 11.9 Å². The zero-order chi connectivity index (χ0) is 17.1. The van der Waals surface area contributed by atoms with Crippen LogP contribution in [-0.2, 0) is 13.6 Å². The fourth-order valence-corrected chi connectivity index (χ4v) is 2.80. The predicted octanol–water partition coefficient (Wildman–Crippen LogP) is 3.19. The summed E-state index contributed by atoms with van der Waals surface area (Å²) in [4.78, 5) is 0. The van der Waals surface area contributed by atoms with Crippen LogP contribution < -0.4 is 5.32 Å². The van der Waals surface area contributed by atoms with Crippen molar-refractivity contribution in [2.45, 2.75) is 19.5 Å². The molecule has 24 heavy (non-hydrogen) atoms. The van der Waals surface area contributed by atoms with Gasteiger partial charge in [0.15, 0.2) is 5.82 Å². The minimum absolute atomic E-state index is 0.199. The van der Waals surface area contributed by atoms with E-state index in [2.05, 4.69) is 20.8 Å². The summed E-state index contributed by atoms with van der Waals surface area (Å²) >= 11 is 6.37. The molecule has 0 aliphatic rings. The van der Waals surface area contributed by atoms with Gasteiger partial charge in [-0.3, -0.25) is 5.32 Å². The van der Waals surface area contributed by atoms with Gasteiger partial charge >= 0.3 is 0 Å². The standard InChI is InChI=1S/C17H17ClFN5/c1-11-9-12(7-8-15(11)19)17(13-5-3-4-6-14(13)18)20-10-16-21-22-23-24(16)2/h3-9,17,20H,10H2,1-2H3. The fraction of sp³-hybridized carbons (Fsp3) is 0.235. The number of hydrogen-bond acceptors (Lipinski definition) is 4. The molecule has 0 amide bonds. The number of nitrogens with one attached hydrogen (secondary N) is 1. The van der Waals surface area contributed by atoms with E-state index < -0.39 is 0 Å². The van der Waals surface area contributed by atoms with Gasteiger partial charge in [-0.05, 0) is 46.2 Å². The lowest BCUT2D eigenvalue weighted by Gasteiger charge is -2.21. The number of aromatic nitrogens is 4. The Balaban J connectivity index is 1.95. The van der Waals surface area contributed by atoms with E-state index in [4.69, 9.17) is 11.6 Å². The van der Waals surface area contributed by atoms with E-state index in [1.165, 1.54) is 6.07 Å². The number of rotatable bonds is 5. The fourth-order valence-electron chi connectivity index (χ4n) is 2.56. The van der Waals surface area contributed by atoms with Crippen molar-refractivity contribution >= 4 is 11.6 Å². The van der Waals surface area contributed by atoms with Crippen LogP contribution in [0.5, 0.6) is 0 Å². The van der Waals surface area contributed by atoms with Gasteiger partial charge in [0.05, 0.1) is 12.6 Å². The quantitative estimate of drug-likeness (QED) is 0.771. The summed E-state index contributed by atoms with van der Waals surface area (Å²) in [6.45, 7) is 2.20. The second-order valence-electron chi connectivity index (χ2n) is 5.56. The van der Waals surface area contributed by atoms with Gasteiger partial charge in [-0.25, -0.2) is 9.07 Å². The number of tetrazole rings is 1. The zero-order valence-electron chi connectivity index (χ0n) is 13.4. The molecule has 7 heteroatoms. The molecule has 1 heterocycles. The Morgan fingerprint density at radius 3 is 2.71 bits per heavy atom. The van der Waals surface area contributed by atoms with E-state index in [0.29, 0.717) is 23.0 Å². The molecule has 124 valence electrons. The Bertz CT molecular complexity index is 849. The van der Waals surface area contributed by atoms with Crippen molar-refractivity contribution in [3.05, 3.63) is 75.8 Å². The summed E-state index contributed by atoms with van der Waals surface area (Å²) in [5.41, 5.74) is 2.43. The molecule has 1 atom stereocenters. The van der Waals surface area contributed by atoms with Gasteiger partial charge in [-0.15, -0.1) is 5.10 Å². The number of halogens is 2. The minimum Gasteiger partial charge on any atom is -0.299 e. The molecule has 0 saturated heterocycles. The number of benzene rings is 2. The first-order valence-corrected chi connectivity index (χ1v) is 7.89. The maximum atomic E-state index is 13.6. The van der Waals surface area contributed by atoms with Gasteiger partial charge in [0.25, 0.3) is 0 Å². The molecule has 0 fully saturated rings. The molecular formula is C17H17ClFN5. The molecule has 0 radical (unpaired) electrons. The third kappa shape index (κ3) is 3.44. The molecule has 0 saturated carbocycles. The molecule has 0 spiro atoms. The number of hydrogen-bond donors (Lipinski definition) is 1. The van der Waals surface area contributed by atoms with Gasteiger partial charge in [0, 0.05) is 12.1 Å². The molecule has 0 bridgehead atoms. The van der Waals surface area contributed by atoms with Crippen molar-refractivity contribution in [2.24, 2.45) is 7.05 Å². The Hall–Kier alpha value is -2.31. The first-order chi connectivity index (χ1) is 11.6. The summed E-state index contributed by atoms with van der Waals surface area (Å²) < 4.78 is 15.2. The summed E-state index contributed by atoms with van der Waals surface area (Å²) in [5, 5.41) is 15.5. The second kappa shape index (κ2) is 7.07. The van der Waals surface area contributed by atoms with E-state index in [1.807, 2.05) is 30.3 Å². The van der Waals surface area contributed by atoms with Crippen LogP contribution in [0, 0.1) is 12.7 Å². The molecule has 3 rings (SSSR count). The summed E-state index contributed by atoms with van der Waals surface area (Å²) in [6, 6.07) is 12.5. The summed E-state index contributed by atoms with van der Waals surface area (Å²) in [5.74, 6) is 0.472. The lowest BCUT2D eigenvalue weighted by atomic mass is 9.97. The number of aryl methyl sites for hydroxylation is 2. The normalized spacial score (nSPS) is 12.3. The smallest absolute Gasteiger partial charge is 0.164 e. The highest BCUT2D eigenvalue weighted by molar-refractivity contribution is 6.31. The Kier molecular flexibility index (Phi) is 4.87. The highest BCUT2D eigenvalue weighted by Crippen LogP contribution is 2.29. The average Bonchev–Trinajstić information content (AvgIpc) is 2.97. The molecule has 1 unspecified atom stereocenters. The first kappa shape index (κ1) is 16.5. The molecule has 5 nitrogen and oxygen atoms in total. The lowest BCUT2D eigenvalue weighted by molar-refractivity contribution is 0.559. The van der Waals surface area contributed by atoms with Crippen molar-refractivity contribution in [3.63, 3.8) is 0 Å². The molecular weight excluding hydrogens is 329 g/mol. The van der Waals surface area contributed by atoms with Gasteiger partial charge in [-0.2, -0.15) is 0 Å². The molecule has 2 aromatic carbocycles. The Morgan fingerprint density at radius 1 is 1.25 bits per heavy atom. The Labute approximate surface area is 144 Å². The highest BCUT2D eigenvalue weighted by Gasteiger charge is 2.18. The third-order valence-corrected chi connectivity index (χ3v) is 4.25. The average molecular weight is 346 g/mol. The second-order valence-corrected chi connectivity index (χ2v) is 5.97. The van der Waals surface area contributed by atoms with Crippen molar-refractivity contribution < 1.29 is 4.39 Å². The predicted molar refractivity (Wildman–Crippen MR) is 90.1 cm³/mol. The maximum absolute atomic E-state index is 13.6. The monoisotopic (exact) mass is 345 g/mol. The lowest BCUT2D eigenvalue weighted by Crippen LogP contribution is -2.24. The van der Waals surface area contributed by atoms with Crippen LogP contribution in [0.25, 0.3) is 0 Å². The van der Waals surface area contributed by atoms with Crippen LogP contribution >= 0.6 is 11.6 Å². The molecule has 1 N–H and O–H groups in total. The maximum Gasteiger partial charge on any atom is 0.164 e. The van der Waals surface area contributed by atoms with Gasteiger partial charge in [0.2, 0.25) is 0 Å². The Morgan fingerprint density at radius 2 is 2.04 bits per heavy atom.